The van der Waals surface area contributed by atoms with E-state index in [4.69, 9.17) is 10.2 Å². The van der Waals surface area contributed by atoms with Crippen LogP contribution in [0, 0.1) is 0 Å². The highest BCUT2D eigenvalue weighted by atomic mass is 16.6. The Kier molecular flexibility index (Phi) is 4.85. The molecule has 0 aromatic heterocycles. The lowest BCUT2D eigenvalue weighted by Gasteiger charge is -2.17. The fourth-order valence-electron chi connectivity index (χ4n) is 0.529. The summed E-state index contributed by atoms with van der Waals surface area (Å²) < 4.78 is 4.69. The average Bonchev–Trinajstić information content (AvgIpc) is 2.05. The van der Waals surface area contributed by atoms with Gasteiger partial charge in [0, 0.05) is 0 Å². The number of aliphatic hydroxyl groups is 2. The monoisotopic (exact) mass is 176 g/mol. The molecular weight excluding hydrogens is 160 g/mol. The fraction of sp³-hybridized carbons (Fsp3) is 0.875. The Morgan fingerprint density at radius 1 is 1.58 bits per heavy atom. The van der Waals surface area contributed by atoms with Crippen molar-refractivity contribution < 1.29 is 19.7 Å². The number of carbonyl (C=O) groups is 1. The molecule has 0 heterocycles. The molecule has 0 aromatic carbocycles. The van der Waals surface area contributed by atoms with Gasteiger partial charge in [0.05, 0.1) is 13.2 Å². The summed E-state index contributed by atoms with van der Waals surface area (Å²) in [5, 5.41) is 17.7. The summed E-state index contributed by atoms with van der Waals surface area (Å²) in [6, 6.07) is 0. The van der Waals surface area contributed by atoms with E-state index in [0.29, 0.717) is 6.61 Å². The normalized spacial score (nSPS) is 15.3. The van der Waals surface area contributed by atoms with Crippen molar-refractivity contribution in [2.24, 2.45) is 0 Å². The molecule has 0 fully saturated rings. The van der Waals surface area contributed by atoms with Gasteiger partial charge in [-0.3, -0.25) is 0 Å². The lowest BCUT2D eigenvalue weighted by atomic mass is 10.1. The molecule has 1 atom stereocenters. The number of rotatable bonds is 5. The Balaban J connectivity index is 3.72. The molecule has 0 rings (SSSR count). The zero-order valence-corrected chi connectivity index (χ0v) is 7.54. The number of hydrogen-bond donors (Lipinski definition) is 2. The van der Waals surface area contributed by atoms with Crippen LogP contribution in [0.1, 0.15) is 26.7 Å². The molecule has 12 heavy (non-hydrogen) atoms. The minimum atomic E-state index is -1.76. The van der Waals surface area contributed by atoms with Crippen LogP contribution in [-0.2, 0) is 9.53 Å². The highest BCUT2D eigenvalue weighted by Gasteiger charge is 2.30. The molecule has 0 saturated carbocycles. The predicted molar refractivity (Wildman–Crippen MR) is 43.6 cm³/mol. The van der Waals surface area contributed by atoms with Crippen LogP contribution in [0.3, 0.4) is 0 Å². The number of esters is 1. The third-order valence-corrected chi connectivity index (χ3v) is 1.48. The Morgan fingerprint density at radius 2 is 2.17 bits per heavy atom. The fourth-order valence-corrected chi connectivity index (χ4v) is 0.529. The minimum Gasteiger partial charge on any atom is -0.464 e. The molecule has 0 saturated heterocycles. The molecule has 1 unspecified atom stereocenters. The van der Waals surface area contributed by atoms with Gasteiger partial charge >= 0.3 is 5.97 Å². The van der Waals surface area contributed by atoms with Crippen LogP contribution in [0.2, 0.25) is 0 Å². The van der Waals surface area contributed by atoms with E-state index in [0.717, 1.165) is 12.8 Å². The Bertz CT molecular complexity index is 142. The van der Waals surface area contributed by atoms with Crippen molar-refractivity contribution in [3.63, 3.8) is 0 Å². The van der Waals surface area contributed by atoms with Gasteiger partial charge in [0.15, 0.2) is 5.60 Å². The van der Waals surface area contributed by atoms with Gasteiger partial charge in [-0.05, 0) is 13.3 Å². The van der Waals surface area contributed by atoms with Crippen molar-refractivity contribution in [2.45, 2.75) is 32.3 Å². The van der Waals surface area contributed by atoms with Gasteiger partial charge in [-0.15, -0.1) is 0 Å². The Morgan fingerprint density at radius 3 is 2.58 bits per heavy atom. The van der Waals surface area contributed by atoms with Gasteiger partial charge in [0.25, 0.3) is 0 Å². The van der Waals surface area contributed by atoms with Crippen molar-refractivity contribution >= 4 is 5.97 Å². The van der Waals surface area contributed by atoms with Gasteiger partial charge in [-0.1, -0.05) is 13.3 Å². The zero-order valence-electron chi connectivity index (χ0n) is 7.54. The molecule has 2 N–H and O–H groups in total. The van der Waals surface area contributed by atoms with Gasteiger partial charge in [-0.2, -0.15) is 0 Å². The van der Waals surface area contributed by atoms with E-state index >= 15 is 0 Å². The van der Waals surface area contributed by atoms with Crippen LogP contribution in [0.15, 0.2) is 0 Å². The first-order valence-corrected chi connectivity index (χ1v) is 4.05. The van der Waals surface area contributed by atoms with E-state index < -0.39 is 18.2 Å². The third-order valence-electron chi connectivity index (χ3n) is 1.48. The first-order valence-electron chi connectivity index (χ1n) is 4.05. The van der Waals surface area contributed by atoms with E-state index in [1.807, 2.05) is 6.92 Å². The molecular formula is C8H16O4. The molecule has 0 radical (unpaired) electrons. The Hall–Kier alpha value is -0.610. The topological polar surface area (TPSA) is 66.8 Å². The molecule has 4 nitrogen and oxygen atoms in total. The van der Waals surface area contributed by atoms with E-state index in [9.17, 15) is 4.79 Å². The van der Waals surface area contributed by atoms with E-state index in [1.54, 1.807) is 0 Å². The van der Waals surface area contributed by atoms with Crippen molar-refractivity contribution in [3.05, 3.63) is 0 Å². The van der Waals surface area contributed by atoms with Crippen molar-refractivity contribution in [1.82, 2.24) is 0 Å². The molecule has 0 bridgehead atoms. The standard InChI is InChI=1S/C8H16O4/c1-3-4-5-12-7(10)8(2,11)6-9/h9,11H,3-6H2,1-2H3. The van der Waals surface area contributed by atoms with Gasteiger partial charge in [0.2, 0.25) is 0 Å². The molecule has 72 valence electrons. The number of ether oxygens (including phenoxy) is 1. The van der Waals surface area contributed by atoms with Crippen LogP contribution < -0.4 is 0 Å². The lowest BCUT2D eigenvalue weighted by Crippen LogP contribution is -2.40. The van der Waals surface area contributed by atoms with Crippen LogP contribution >= 0.6 is 0 Å². The van der Waals surface area contributed by atoms with E-state index in [2.05, 4.69) is 4.74 Å². The quantitative estimate of drug-likeness (QED) is 0.459. The first-order chi connectivity index (χ1) is 5.54. The van der Waals surface area contributed by atoms with Crippen LogP contribution in [0.25, 0.3) is 0 Å². The molecule has 0 spiro atoms. The maximum atomic E-state index is 10.9. The van der Waals surface area contributed by atoms with Crippen LogP contribution in [0.5, 0.6) is 0 Å². The molecule has 4 heteroatoms. The second-order valence-corrected chi connectivity index (χ2v) is 2.92. The summed E-state index contributed by atoms with van der Waals surface area (Å²) >= 11 is 0. The summed E-state index contributed by atoms with van der Waals surface area (Å²) in [5.41, 5.74) is -1.76. The maximum absolute atomic E-state index is 10.9. The second kappa shape index (κ2) is 5.11. The highest BCUT2D eigenvalue weighted by molar-refractivity contribution is 5.78. The van der Waals surface area contributed by atoms with Crippen LogP contribution in [-0.4, -0.2) is 35.0 Å². The molecule has 0 amide bonds. The van der Waals surface area contributed by atoms with Gasteiger partial charge < -0.3 is 14.9 Å². The summed E-state index contributed by atoms with van der Waals surface area (Å²) in [4.78, 5) is 10.9. The SMILES string of the molecule is CCCCOC(=O)C(C)(O)CO. The summed E-state index contributed by atoms with van der Waals surface area (Å²) in [7, 11) is 0. The molecule has 0 aliphatic rings. The minimum absolute atomic E-state index is 0.297. The third kappa shape index (κ3) is 3.69. The first kappa shape index (κ1) is 11.4. The van der Waals surface area contributed by atoms with Crippen molar-refractivity contribution in [1.29, 1.82) is 0 Å². The smallest absolute Gasteiger partial charge is 0.340 e. The summed E-state index contributed by atoms with van der Waals surface area (Å²) in [6.45, 7) is 2.88. The van der Waals surface area contributed by atoms with Crippen molar-refractivity contribution in [3.8, 4) is 0 Å². The van der Waals surface area contributed by atoms with Crippen molar-refractivity contribution in [2.75, 3.05) is 13.2 Å². The van der Waals surface area contributed by atoms with Gasteiger partial charge in [0.1, 0.15) is 0 Å². The number of carbonyl (C=O) groups excluding carboxylic acids is 1. The number of aliphatic hydroxyl groups excluding tert-OH is 1. The Labute approximate surface area is 72.2 Å². The second-order valence-electron chi connectivity index (χ2n) is 2.92. The maximum Gasteiger partial charge on any atom is 0.340 e. The highest BCUT2D eigenvalue weighted by Crippen LogP contribution is 2.04. The number of unbranched alkanes of at least 4 members (excludes halogenated alkanes) is 1. The molecule has 0 aromatic rings. The summed E-state index contributed by atoms with van der Waals surface area (Å²) in [6.07, 6.45) is 1.70. The van der Waals surface area contributed by atoms with Gasteiger partial charge in [-0.25, -0.2) is 4.79 Å². The van der Waals surface area contributed by atoms with Crippen LogP contribution in [0.4, 0.5) is 0 Å². The largest absolute Gasteiger partial charge is 0.464 e. The average molecular weight is 176 g/mol. The number of hydrogen-bond acceptors (Lipinski definition) is 4. The summed E-state index contributed by atoms with van der Waals surface area (Å²) in [5.74, 6) is -0.765. The molecule has 0 aliphatic heterocycles. The lowest BCUT2D eigenvalue weighted by molar-refractivity contribution is -0.167. The predicted octanol–water partition coefficient (Wildman–Crippen LogP) is 0.0730. The van der Waals surface area contributed by atoms with E-state index in [1.165, 1.54) is 6.92 Å². The molecule has 0 aliphatic carbocycles. The van der Waals surface area contributed by atoms with E-state index in [-0.39, 0.29) is 0 Å². The zero-order chi connectivity index (χ0) is 9.61.